The number of benzene rings is 3. The standard InChI is InChI=1S/C18H14BrNO2/c19-17-15-7-2-1-5-13(15)8-9-16(17)22-11-12-4-3-6-14(10-12)18(20)21/h1-10H,11H2,(H2,20,21). The van der Waals surface area contributed by atoms with E-state index < -0.39 is 5.91 Å². The van der Waals surface area contributed by atoms with Crippen LogP contribution in [0.2, 0.25) is 0 Å². The SMILES string of the molecule is NC(=O)c1cccc(COc2ccc3ccccc3c2Br)c1. The molecule has 0 bridgehead atoms. The van der Waals surface area contributed by atoms with Crippen LogP contribution in [0.1, 0.15) is 15.9 Å². The molecule has 0 saturated heterocycles. The van der Waals surface area contributed by atoms with Crippen molar-refractivity contribution in [3.8, 4) is 5.75 Å². The molecule has 0 aliphatic heterocycles. The van der Waals surface area contributed by atoms with E-state index in [1.54, 1.807) is 18.2 Å². The molecule has 22 heavy (non-hydrogen) atoms. The first-order valence-corrected chi connectivity index (χ1v) is 7.63. The summed E-state index contributed by atoms with van der Waals surface area (Å²) in [5.41, 5.74) is 6.67. The largest absolute Gasteiger partial charge is 0.488 e. The van der Waals surface area contributed by atoms with E-state index in [4.69, 9.17) is 10.5 Å². The number of fused-ring (bicyclic) bond motifs is 1. The number of ether oxygens (including phenoxy) is 1. The fourth-order valence-corrected chi connectivity index (χ4v) is 2.91. The summed E-state index contributed by atoms with van der Waals surface area (Å²) in [4.78, 5) is 11.2. The Labute approximate surface area is 136 Å². The number of nitrogens with two attached hydrogens (primary N) is 1. The van der Waals surface area contributed by atoms with E-state index in [1.165, 1.54) is 0 Å². The summed E-state index contributed by atoms with van der Waals surface area (Å²) in [6.45, 7) is 0.373. The van der Waals surface area contributed by atoms with Gasteiger partial charge in [0.15, 0.2) is 0 Å². The zero-order chi connectivity index (χ0) is 15.5. The maximum absolute atomic E-state index is 11.2. The fraction of sp³-hybridized carbons (Fsp3) is 0.0556. The monoisotopic (exact) mass is 355 g/mol. The first kappa shape index (κ1) is 14.6. The molecule has 0 aromatic heterocycles. The van der Waals surface area contributed by atoms with Crippen molar-refractivity contribution < 1.29 is 9.53 Å². The number of halogens is 1. The van der Waals surface area contributed by atoms with Gasteiger partial charge in [-0.05, 0) is 50.5 Å². The topological polar surface area (TPSA) is 52.3 Å². The molecule has 0 fully saturated rings. The van der Waals surface area contributed by atoms with Gasteiger partial charge in [0.1, 0.15) is 12.4 Å². The molecule has 3 aromatic carbocycles. The van der Waals surface area contributed by atoms with Gasteiger partial charge in [-0.1, -0.05) is 42.5 Å². The average Bonchev–Trinajstić information content (AvgIpc) is 2.55. The third kappa shape index (κ3) is 2.97. The van der Waals surface area contributed by atoms with Crippen LogP contribution in [0, 0.1) is 0 Å². The van der Waals surface area contributed by atoms with Crippen molar-refractivity contribution in [1.29, 1.82) is 0 Å². The molecule has 2 N–H and O–H groups in total. The van der Waals surface area contributed by atoms with Gasteiger partial charge in [0.05, 0.1) is 4.47 Å². The summed E-state index contributed by atoms with van der Waals surface area (Å²) >= 11 is 3.59. The molecular formula is C18H14BrNO2. The van der Waals surface area contributed by atoms with Gasteiger partial charge in [-0.25, -0.2) is 0 Å². The smallest absolute Gasteiger partial charge is 0.248 e. The van der Waals surface area contributed by atoms with E-state index in [-0.39, 0.29) is 0 Å². The Morgan fingerprint density at radius 3 is 2.68 bits per heavy atom. The predicted molar refractivity (Wildman–Crippen MR) is 90.9 cm³/mol. The van der Waals surface area contributed by atoms with Crippen molar-refractivity contribution in [2.24, 2.45) is 5.73 Å². The van der Waals surface area contributed by atoms with Crippen molar-refractivity contribution in [3.05, 3.63) is 76.3 Å². The van der Waals surface area contributed by atoms with Crippen LogP contribution in [0.4, 0.5) is 0 Å². The normalized spacial score (nSPS) is 10.6. The number of hydrogen-bond donors (Lipinski definition) is 1. The second-order valence-electron chi connectivity index (χ2n) is 4.95. The Kier molecular flexibility index (Phi) is 4.11. The van der Waals surface area contributed by atoms with E-state index in [0.717, 1.165) is 26.6 Å². The summed E-state index contributed by atoms with van der Waals surface area (Å²) in [7, 11) is 0. The summed E-state index contributed by atoms with van der Waals surface area (Å²) in [6.07, 6.45) is 0. The van der Waals surface area contributed by atoms with E-state index in [2.05, 4.69) is 22.0 Å². The lowest BCUT2D eigenvalue weighted by molar-refractivity contribution is 0.1000. The average molecular weight is 356 g/mol. The summed E-state index contributed by atoms with van der Waals surface area (Å²) in [6, 6.07) is 19.2. The second kappa shape index (κ2) is 6.20. The molecule has 0 atom stereocenters. The molecule has 3 aromatic rings. The Balaban J connectivity index is 1.83. The minimum atomic E-state index is -0.436. The van der Waals surface area contributed by atoms with Gasteiger partial charge < -0.3 is 10.5 Å². The van der Waals surface area contributed by atoms with Crippen molar-refractivity contribution in [2.45, 2.75) is 6.61 Å². The van der Waals surface area contributed by atoms with Crippen molar-refractivity contribution in [1.82, 2.24) is 0 Å². The van der Waals surface area contributed by atoms with Gasteiger partial charge >= 0.3 is 0 Å². The minimum absolute atomic E-state index is 0.373. The van der Waals surface area contributed by atoms with E-state index >= 15 is 0 Å². The number of amides is 1. The molecule has 0 heterocycles. The highest BCUT2D eigenvalue weighted by atomic mass is 79.9. The molecule has 0 aliphatic carbocycles. The van der Waals surface area contributed by atoms with E-state index in [9.17, 15) is 4.79 Å². The van der Waals surface area contributed by atoms with Crippen LogP contribution in [0.5, 0.6) is 5.75 Å². The Hall–Kier alpha value is -2.33. The van der Waals surface area contributed by atoms with Crippen LogP contribution < -0.4 is 10.5 Å². The summed E-state index contributed by atoms with van der Waals surface area (Å²) < 4.78 is 6.79. The number of carbonyl (C=O) groups excluding carboxylic acids is 1. The third-order valence-corrected chi connectivity index (χ3v) is 4.25. The summed E-state index contributed by atoms with van der Waals surface area (Å²) in [5.74, 6) is 0.330. The number of hydrogen-bond acceptors (Lipinski definition) is 2. The van der Waals surface area contributed by atoms with Gasteiger partial charge in [-0.2, -0.15) is 0 Å². The van der Waals surface area contributed by atoms with Crippen LogP contribution in [0.25, 0.3) is 10.8 Å². The molecule has 3 nitrogen and oxygen atoms in total. The summed E-state index contributed by atoms with van der Waals surface area (Å²) in [5, 5.41) is 2.25. The molecule has 0 spiro atoms. The number of rotatable bonds is 4. The van der Waals surface area contributed by atoms with Gasteiger partial charge in [0.25, 0.3) is 0 Å². The Morgan fingerprint density at radius 2 is 1.86 bits per heavy atom. The lowest BCUT2D eigenvalue weighted by Gasteiger charge is -2.11. The van der Waals surface area contributed by atoms with Gasteiger partial charge in [0, 0.05) is 5.56 Å². The molecule has 0 radical (unpaired) electrons. The van der Waals surface area contributed by atoms with Gasteiger partial charge in [-0.3, -0.25) is 4.79 Å². The van der Waals surface area contributed by atoms with Crippen LogP contribution in [-0.2, 0) is 6.61 Å². The first-order chi connectivity index (χ1) is 10.6. The highest BCUT2D eigenvalue weighted by molar-refractivity contribution is 9.10. The van der Waals surface area contributed by atoms with E-state index in [0.29, 0.717) is 12.2 Å². The lowest BCUT2D eigenvalue weighted by Crippen LogP contribution is -2.11. The quantitative estimate of drug-likeness (QED) is 0.759. The Bertz CT molecular complexity index is 845. The van der Waals surface area contributed by atoms with E-state index in [1.807, 2.05) is 36.4 Å². The Morgan fingerprint density at radius 1 is 1.05 bits per heavy atom. The second-order valence-corrected chi connectivity index (χ2v) is 5.75. The van der Waals surface area contributed by atoms with Gasteiger partial charge in [-0.15, -0.1) is 0 Å². The van der Waals surface area contributed by atoms with Crippen LogP contribution in [0.15, 0.2) is 65.1 Å². The number of primary amides is 1. The molecule has 0 unspecified atom stereocenters. The highest BCUT2D eigenvalue weighted by Crippen LogP contribution is 2.33. The van der Waals surface area contributed by atoms with Crippen molar-refractivity contribution in [2.75, 3.05) is 0 Å². The van der Waals surface area contributed by atoms with Crippen molar-refractivity contribution >= 4 is 32.6 Å². The van der Waals surface area contributed by atoms with Crippen LogP contribution >= 0.6 is 15.9 Å². The lowest BCUT2D eigenvalue weighted by atomic mass is 10.1. The van der Waals surface area contributed by atoms with Gasteiger partial charge in [0.2, 0.25) is 5.91 Å². The molecular weight excluding hydrogens is 342 g/mol. The molecule has 3 rings (SSSR count). The maximum Gasteiger partial charge on any atom is 0.248 e. The molecule has 1 amide bonds. The molecule has 4 heteroatoms. The van der Waals surface area contributed by atoms with Crippen LogP contribution in [-0.4, -0.2) is 5.91 Å². The van der Waals surface area contributed by atoms with Crippen molar-refractivity contribution in [3.63, 3.8) is 0 Å². The first-order valence-electron chi connectivity index (χ1n) is 6.84. The minimum Gasteiger partial charge on any atom is -0.488 e. The maximum atomic E-state index is 11.2. The highest BCUT2D eigenvalue weighted by Gasteiger charge is 2.07. The third-order valence-electron chi connectivity index (χ3n) is 3.43. The molecule has 0 saturated carbocycles. The zero-order valence-corrected chi connectivity index (χ0v) is 13.3. The molecule has 0 aliphatic rings. The molecule has 110 valence electrons. The zero-order valence-electron chi connectivity index (χ0n) is 11.8. The fourth-order valence-electron chi connectivity index (χ4n) is 2.30. The predicted octanol–water partition coefficient (Wildman–Crippen LogP) is 4.28. The number of carbonyl (C=O) groups is 1. The van der Waals surface area contributed by atoms with Crippen LogP contribution in [0.3, 0.4) is 0 Å².